The number of aliphatic hydroxyl groups excluding tert-OH is 1. The Kier molecular flexibility index (Phi) is 4.09. The molecule has 0 saturated heterocycles. The van der Waals surface area contributed by atoms with E-state index in [9.17, 15) is 5.11 Å². The minimum atomic E-state index is 0.138. The van der Waals surface area contributed by atoms with Crippen LogP contribution in [0.3, 0.4) is 0 Å². The molecular formula is C14H21NO3. The van der Waals surface area contributed by atoms with Crippen LogP contribution in [0.15, 0.2) is 18.2 Å². The molecule has 18 heavy (non-hydrogen) atoms. The maximum absolute atomic E-state index is 9.40. The molecule has 1 aliphatic heterocycles. The van der Waals surface area contributed by atoms with Gasteiger partial charge in [-0.3, -0.25) is 0 Å². The van der Waals surface area contributed by atoms with Crippen molar-refractivity contribution in [1.29, 1.82) is 0 Å². The van der Waals surface area contributed by atoms with E-state index in [1.54, 1.807) is 12.1 Å². The van der Waals surface area contributed by atoms with Crippen molar-refractivity contribution in [1.82, 2.24) is 5.32 Å². The molecule has 1 aliphatic rings. The van der Waals surface area contributed by atoms with Gasteiger partial charge in [-0.1, -0.05) is 13.8 Å². The topological polar surface area (TPSA) is 61.7 Å². The highest BCUT2D eigenvalue weighted by Gasteiger charge is 2.27. The van der Waals surface area contributed by atoms with Crippen LogP contribution in [0.1, 0.15) is 31.9 Å². The lowest BCUT2D eigenvalue weighted by molar-refractivity contribution is 0.222. The second kappa shape index (κ2) is 5.59. The normalized spacial score (nSPS) is 19.7. The Morgan fingerprint density at radius 1 is 1.44 bits per heavy atom. The first-order chi connectivity index (χ1) is 8.61. The molecule has 4 nitrogen and oxygen atoms in total. The number of aliphatic hydroxyl groups is 1. The smallest absolute Gasteiger partial charge is 0.127 e. The molecule has 0 spiro atoms. The van der Waals surface area contributed by atoms with Gasteiger partial charge in [0.15, 0.2) is 0 Å². The lowest BCUT2D eigenvalue weighted by Gasteiger charge is -2.25. The molecule has 0 amide bonds. The van der Waals surface area contributed by atoms with Crippen LogP contribution in [0.5, 0.6) is 11.5 Å². The third-order valence-electron chi connectivity index (χ3n) is 3.44. The molecule has 4 heteroatoms. The molecule has 0 bridgehead atoms. The van der Waals surface area contributed by atoms with Gasteiger partial charge in [0, 0.05) is 24.3 Å². The molecule has 3 N–H and O–H groups in total. The van der Waals surface area contributed by atoms with Gasteiger partial charge in [0.05, 0.1) is 6.04 Å². The highest BCUT2D eigenvalue weighted by molar-refractivity contribution is 5.44. The highest BCUT2D eigenvalue weighted by atomic mass is 16.5. The largest absolute Gasteiger partial charge is 0.508 e. The van der Waals surface area contributed by atoms with Gasteiger partial charge in [0.2, 0.25) is 0 Å². The van der Waals surface area contributed by atoms with Gasteiger partial charge in [-0.2, -0.15) is 0 Å². The van der Waals surface area contributed by atoms with E-state index < -0.39 is 0 Å². The first-order valence-electron chi connectivity index (χ1n) is 6.44. The summed E-state index contributed by atoms with van der Waals surface area (Å²) >= 11 is 0. The summed E-state index contributed by atoms with van der Waals surface area (Å²) in [6, 6.07) is 5.63. The van der Waals surface area contributed by atoms with Crippen LogP contribution in [0.4, 0.5) is 0 Å². The number of aromatic hydroxyl groups is 1. The quantitative estimate of drug-likeness (QED) is 0.747. The SMILES string of the molecule is CC(C)C(CCO)NC1COc2cc(O)ccc21. The molecule has 2 atom stereocenters. The zero-order valence-electron chi connectivity index (χ0n) is 10.9. The van der Waals surface area contributed by atoms with Crippen LogP contribution in [-0.4, -0.2) is 29.5 Å². The molecular weight excluding hydrogens is 230 g/mol. The summed E-state index contributed by atoms with van der Waals surface area (Å²) in [5.41, 5.74) is 1.08. The number of phenols is 1. The third-order valence-corrected chi connectivity index (χ3v) is 3.44. The Labute approximate surface area is 108 Å². The summed E-state index contributed by atoms with van der Waals surface area (Å²) in [7, 11) is 0. The molecule has 1 heterocycles. The fourth-order valence-electron chi connectivity index (χ4n) is 2.34. The third kappa shape index (κ3) is 2.76. The summed E-state index contributed by atoms with van der Waals surface area (Å²) in [6.07, 6.45) is 0.738. The average molecular weight is 251 g/mol. The molecule has 1 aromatic rings. The first kappa shape index (κ1) is 13.2. The van der Waals surface area contributed by atoms with E-state index in [0.717, 1.165) is 17.7 Å². The minimum Gasteiger partial charge on any atom is -0.508 e. The summed E-state index contributed by atoms with van der Waals surface area (Å²) < 4.78 is 5.57. The van der Waals surface area contributed by atoms with Crippen LogP contribution in [0.2, 0.25) is 0 Å². The van der Waals surface area contributed by atoms with Crippen LogP contribution in [-0.2, 0) is 0 Å². The van der Waals surface area contributed by atoms with Crippen LogP contribution in [0, 0.1) is 5.92 Å². The molecule has 2 rings (SSSR count). The predicted molar refractivity (Wildman–Crippen MR) is 69.8 cm³/mol. The molecule has 0 fully saturated rings. The standard InChI is InChI=1S/C14H21NO3/c1-9(2)12(5-6-16)15-13-8-18-14-7-10(17)3-4-11(13)14/h3-4,7,9,12-13,15-17H,5-6,8H2,1-2H3. The van der Waals surface area contributed by atoms with Crippen molar-refractivity contribution in [2.75, 3.05) is 13.2 Å². The number of hydrogen-bond donors (Lipinski definition) is 3. The van der Waals surface area contributed by atoms with Crippen molar-refractivity contribution in [3.63, 3.8) is 0 Å². The van der Waals surface area contributed by atoms with Crippen molar-refractivity contribution in [2.45, 2.75) is 32.4 Å². The van der Waals surface area contributed by atoms with E-state index in [1.165, 1.54) is 0 Å². The molecule has 0 aromatic heterocycles. The number of rotatable bonds is 5. The molecule has 1 aromatic carbocycles. The number of fused-ring (bicyclic) bond motifs is 1. The van der Waals surface area contributed by atoms with Gasteiger partial charge >= 0.3 is 0 Å². The Morgan fingerprint density at radius 2 is 2.22 bits per heavy atom. The molecule has 100 valence electrons. The number of nitrogens with one attached hydrogen (secondary N) is 1. The Balaban J connectivity index is 2.08. The molecule has 0 radical (unpaired) electrons. The zero-order chi connectivity index (χ0) is 13.1. The highest BCUT2D eigenvalue weighted by Crippen LogP contribution is 2.35. The van der Waals surface area contributed by atoms with E-state index in [1.807, 2.05) is 6.07 Å². The van der Waals surface area contributed by atoms with E-state index in [4.69, 9.17) is 9.84 Å². The summed E-state index contributed by atoms with van der Waals surface area (Å²) in [5, 5.41) is 22.0. The fourth-order valence-corrected chi connectivity index (χ4v) is 2.34. The Morgan fingerprint density at radius 3 is 2.89 bits per heavy atom. The second-order valence-corrected chi connectivity index (χ2v) is 5.12. The minimum absolute atomic E-state index is 0.138. The average Bonchev–Trinajstić information content (AvgIpc) is 2.71. The van der Waals surface area contributed by atoms with Crippen LogP contribution < -0.4 is 10.1 Å². The van der Waals surface area contributed by atoms with Crippen molar-refractivity contribution < 1.29 is 14.9 Å². The molecule has 0 saturated carbocycles. The van der Waals surface area contributed by atoms with Gasteiger partial charge in [0.1, 0.15) is 18.1 Å². The van der Waals surface area contributed by atoms with E-state index in [2.05, 4.69) is 19.2 Å². The van der Waals surface area contributed by atoms with Crippen molar-refractivity contribution in [2.24, 2.45) is 5.92 Å². The van der Waals surface area contributed by atoms with E-state index >= 15 is 0 Å². The maximum atomic E-state index is 9.40. The summed E-state index contributed by atoms with van der Waals surface area (Å²) in [4.78, 5) is 0. The first-order valence-corrected chi connectivity index (χ1v) is 6.44. The zero-order valence-corrected chi connectivity index (χ0v) is 10.9. The van der Waals surface area contributed by atoms with Crippen LogP contribution in [0.25, 0.3) is 0 Å². The Hall–Kier alpha value is -1.26. The molecule has 2 unspecified atom stereocenters. The lowest BCUT2D eigenvalue weighted by atomic mass is 9.98. The van der Waals surface area contributed by atoms with E-state index in [0.29, 0.717) is 12.5 Å². The monoisotopic (exact) mass is 251 g/mol. The van der Waals surface area contributed by atoms with Gasteiger partial charge < -0.3 is 20.3 Å². The number of benzene rings is 1. The van der Waals surface area contributed by atoms with Gasteiger partial charge in [0.25, 0.3) is 0 Å². The predicted octanol–water partition coefficient (Wildman–Crippen LogP) is 1.82. The van der Waals surface area contributed by atoms with Gasteiger partial charge in [-0.25, -0.2) is 0 Å². The van der Waals surface area contributed by atoms with Crippen LogP contribution >= 0.6 is 0 Å². The van der Waals surface area contributed by atoms with E-state index in [-0.39, 0.29) is 24.4 Å². The number of hydrogen-bond acceptors (Lipinski definition) is 4. The second-order valence-electron chi connectivity index (χ2n) is 5.12. The number of ether oxygens (including phenoxy) is 1. The van der Waals surface area contributed by atoms with Gasteiger partial charge in [-0.15, -0.1) is 0 Å². The summed E-state index contributed by atoms with van der Waals surface area (Å²) in [6.45, 7) is 5.04. The van der Waals surface area contributed by atoms with Gasteiger partial charge in [-0.05, 0) is 24.5 Å². The molecule has 0 aliphatic carbocycles. The maximum Gasteiger partial charge on any atom is 0.127 e. The van der Waals surface area contributed by atoms with Crippen molar-refractivity contribution >= 4 is 0 Å². The number of phenolic OH excluding ortho intramolecular Hbond substituents is 1. The Bertz CT molecular complexity index is 406. The van der Waals surface area contributed by atoms with Crippen molar-refractivity contribution in [3.8, 4) is 11.5 Å². The lowest BCUT2D eigenvalue weighted by Crippen LogP contribution is -2.38. The fraction of sp³-hybridized carbons (Fsp3) is 0.571. The van der Waals surface area contributed by atoms with Crippen molar-refractivity contribution in [3.05, 3.63) is 23.8 Å². The summed E-state index contributed by atoms with van der Waals surface area (Å²) in [5.74, 6) is 1.43.